The zero-order chi connectivity index (χ0) is 18.4. The smallest absolute Gasteiger partial charge is 0.146 e. The lowest BCUT2D eigenvalue weighted by molar-refractivity contribution is -0.122. The number of Topliss-reactive ketones (excluding diaryl/α,β-unsaturated/α-hetero) is 1. The molecule has 0 heterocycles. The number of carbonyl (C=O) groups is 1. The van der Waals surface area contributed by atoms with Crippen molar-refractivity contribution < 1.29 is 4.79 Å². The normalized spacial score (nSPS) is 15.2. The Morgan fingerprint density at radius 3 is 1.44 bits per heavy atom. The first-order valence-electron chi connectivity index (χ1n) is 11.0. The van der Waals surface area contributed by atoms with Crippen molar-refractivity contribution in [1.82, 2.24) is 0 Å². The van der Waals surface area contributed by atoms with Crippen LogP contribution in [0, 0.1) is 10.8 Å². The van der Waals surface area contributed by atoms with Gasteiger partial charge in [0.05, 0.1) is 5.41 Å². The number of carbonyl (C=O) groups excluding carboxylic acids is 1. The van der Waals surface area contributed by atoms with E-state index in [1.165, 1.54) is 83.5 Å². The maximum absolute atomic E-state index is 12.1. The van der Waals surface area contributed by atoms with E-state index in [0.29, 0.717) is 6.42 Å². The van der Waals surface area contributed by atoms with E-state index in [9.17, 15) is 4.79 Å². The number of rotatable bonds is 18. The highest BCUT2D eigenvalue weighted by Crippen LogP contribution is 2.47. The summed E-state index contributed by atoms with van der Waals surface area (Å²) in [5, 5.41) is 7.54. The number of nitrogens with two attached hydrogens (primary N) is 1. The van der Waals surface area contributed by atoms with E-state index < -0.39 is 5.41 Å². The molecule has 0 unspecified atom stereocenters. The third-order valence-corrected chi connectivity index (χ3v) is 5.81. The summed E-state index contributed by atoms with van der Waals surface area (Å²) in [5.74, 6) is 0.313. The van der Waals surface area contributed by atoms with E-state index in [1.807, 2.05) is 0 Å². The van der Waals surface area contributed by atoms with Gasteiger partial charge in [-0.3, -0.25) is 10.2 Å². The summed E-state index contributed by atoms with van der Waals surface area (Å²) in [6, 6.07) is 0. The molecule has 146 valence electrons. The molecule has 25 heavy (non-hydrogen) atoms. The van der Waals surface area contributed by atoms with Crippen LogP contribution in [0.2, 0.25) is 0 Å². The molecule has 3 heteroatoms. The van der Waals surface area contributed by atoms with E-state index in [0.717, 1.165) is 25.7 Å². The lowest BCUT2D eigenvalue weighted by atomic mass is 9.95. The maximum Gasteiger partial charge on any atom is 0.146 e. The third kappa shape index (κ3) is 9.42. The van der Waals surface area contributed by atoms with Crippen LogP contribution in [0.1, 0.15) is 122 Å². The maximum atomic E-state index is 12.1. The Labute approximate surface area is 156 Å². The Bertz CT molecular complexity index is 374. The molecular formula is C22H42N2O. The molecular weight excluding hydrogens is 308 g/mol. The highest BCUT2D eigenvalue weighted by molar-refractivity contribution is 6.09. The van der Waals surface area contributed by atoms with Crippen LogP contribution in [0.25, 0.3) is 0 Å². The Morgan fingerprint density at radius 2 is 1.12 bits per heavy atom. The molecule has 1 rings (SSSR count). The van der Waals surface area contributed by atoms with Gasteiger partial charge in [-0.25, -0.2) is 0 Å². The molecule has 1 aliphatic rings. The standard InChI is InChI=1S/C22H42N2O/c1-2-3-4-5-6-7-8-9-10-11-12-13-14-15-16-17-20(25)22(18-19-22)21(23)24/h2-19H2,1H3,(H3,23,24). The van der Waals surface area contributed by atoms with Crippen LogP contribution >= 0.6 is 0 Å². The van der Waals surface area contributed by atoms with Crippen molar-refractivity contribution in [2.45, 2.75) is 122 Å². The van der Waals surface area contributed by atoms with Gasteiger partial charge in [0.1, 0.15) is 11.6 Å². The van der Waals surface area contributed by atoms with Crippen molar-refractivity contribution in [2.75, 3.05) is 0 Å². The molecule has 0 aromatic carbocycles. The minimum atomic E-state index is -0.532. The minimum Gasteiger partial charge on any atom is -0.387 e. The molecule has 0 amide bonds. The van der Waals surface area contributed by atoms with Gasteiger partial charge in [0.15, 0.2) is 0 Å². The summed E-state index contributed by atoms with van der Waals surface area (Å²) >= 11 is 0. The van der Waals surface area contributed by atoms with Gasteiger partial charge in [-0.1, -0.05) is 96.8 Å². The molecule has 0 radical (unpaired) electrons. The van der Waals surface area contributed by atoms with E-state index in [-0.39, 0.29) is 11.6 Å². The topological polar surface area (TPSA) is 66.9 Å². The average Bonchev–Trinajstić information content (AvgIpc) is 3.40. The summed E-state index contributed by atoms with van der Waals surface area (Å²) < 4.78 is 0. The third-order valence-electron chi connectivity index (χ3n) is 5.81. The van der Waals surface area contributed by atoms with Gasteiger partial charge in [-0.05, 0) is 19.3 Å². The van der Waals surface area contributed by atoms with E-state index in [4.69, 9.17) is 11.1 Å². The van der Waals surface area contributed by atoms with Crippen LogP contribution in [-0.2, 0) is 4.79 Å². The van der Waals surface area contributed by atoms with Crippen LogP contribution in [0.15, 0.2) is 0 Å². The lowest BCUT2D eigenvalue weighted by Gasteiger charge is -2.11. The van der Waals surface area contributed by atoms with Crippen LogP contribution in [0.5, 0.6) is 0 Å². The van der Waals surface area contributed by atoms with Gasteiger partial charge in [0.2, 0.25) is 0 Å². The second-order valence-corrected chi connectivity index (χ2v) is 8.12. The summed E-state index contributed by atoms with van der Waals surface area (Å²) in [6.45, 7) is 2.28. The molecule has 0 spiro atoms. The van der Waals surface area contributed by atoms with Crippen molar-refractivity contribution in [2.24, 2.45) is 11.1 Å². The van der Waals surface area contributed by atoms with Crippen LogP contribution in [0.3, 0.4) is 0 Å². The number of ketones is 1. The quantitative estimate of drug-likeness (QED) is 0.167. The van der Waals surface area contributed by atoms with Crippen LogP contribution < -0.4 is 5.73 Å². The van der Waals surface area contributed by atoms with Gasteiger partial charge < -0.3 is 5.73 Å². The van der Waals surface area contributed by atoms with Crippen LogP contribution in [-0.4, -0.2) is 11.6 Å². The van der Waals surface area contributed by atoms with Crippen molar-refractivity contribution in [3.8, 4) is 0 Å². The van der Waals surface area contributed by atoms with Gasteiger partial charge >= 0.3 is 0 Å². The monoisotopic (exact) mass is 350 g/mol. The zero-order valence-corrected chi connectivity index (χ0v) is 16.7. The Hall–Kier alpha value is -0.860. The molecule has 0 bridgehead atoms. The molecule has 1 saturated carbocycles. The highest BCUT2D eigenvalue weighted by Gasteiger charge is 2.51. The van der Waals surface area contributed by atoms with Crippen molar-refractivity contribution in [1.29, 1.82) is 5.41 Å². The lowest BCUT2D eigenvalue weighted by Crippen LogP contribution is -2.31. The highest BCUT2D eigenvalue weighted by atomic mass is 16.1. The second kappa shape index (κ2) is 13.4. The molecule has 3 nitrogen and oxygen atoms in total. The second-order valence-electron chi connectivity index (χ2n) is 8.12. The fourth-order valence-electron chi connectivity index (χ4n) is 3.72. The van der Waals surface area contributed by atoms with Gasteiger partial charge in [0.25, 0.3) is 0 Å². The molecule has 3 N–H and O–H groups in total. The van der Waals surface area contributed by atoms with Gasteiger partial charge in [0, 0.05) is 6.42 Å². The molecule has 0 atom stereocenters. The molecule has 0 saturated heterocycles. The first kappa shape index (κ1) is 22.2. The first-order chi connectivity index (χ1) is 12.1. The molecule has 0 aromatic rings. The number of nitrogens with one attached hydrogen (secondary N) is 1. The van der Waals surface area contributed by atoms with Crippen molar-refractivity contribution in [3.63, 3.8) is 0 Å². The Balaban J connectivity index is 1.78. The van der Waals surface area contributed by atoms with E-state index >= 15 is 0 Å². The summed E-state index contributed by atoms with van der Waals surface area (Å²) in [4.78, 5) is 12.1. The number of hydrogen-bond donors (Lipinski definition) is 2. The fourth-order valence-corrected chi connectivity index (χ4v) is 3.72. The van der Waals surface area contributed by atoms with E-state index in [2.05, 4.69) is 6.92 Å². The van der Waals surface area contributed by atoms with Crippen molar-refractivity contribution in [3.05, 3.63) is 0 Å². The zero-order valence-electron chi connectivity index (χ0n) is 16.7. The fraction of sp³-hybridized carbons (Fsp3) is 0.909. The summed E-state index contributed by atoms with van der Waals surface area (Å²) in [7, 11) is 0. The average molecular weight is 351 g/mol. The Kier molecular flexibility index (Phi) is 11.9. The van der Waals surface area contributed by atoms with Crippen molar-refractivity contribution >= 4 is 11.6 Å². The molecule has 1 fully saturated rings. The molecule has 0 aliphatic heterocycles. The van der Waals surface area contributed by atoms with Crippen LogP contribution in [0.4, 0.5) is 0 Å². The first-order valence-corrected chi connectivity index (χ1v) is 11.0. The van der Waals surface area contributed by atoms with Gasteiger partial charge in [-0.15, -0.1) is 0 Å². The predicted octanol–water partition coefficient (Wildman–Crippen LogP) is 6.53. The number of hydrogen-bond acceptors (Lipinski definition) is 2. The number of amidine groups is 1. The molecule has 1 aliphatic carbocycles. The summed E-state index contributed by atoms with van der Waals surface area (Å²) in [5.41, 5.74) is 5.02. The minimum absolute atomic E-state index is 0.0958. The Morgan fingerprint density at radius 1 is 0.760 bits per heavy atom. The van der Waals surface area contributed by atoms with E-state index in [1.54, 1.807) is 0 Å². The largest absolute Gasteiger partial charge is 0.387 e. The summed E-state index contributed by atoms with van der Waals surface area (Å²) in [6.07, 6.45) is 22.4. The predicted molar refractivity (Wildman–Crippen MR) is 108 cm³/mol. The van der Waals surface area contributed by atoms with Gasteiger partial charge in [-0.2, -0.15) is 0 Å². The number of unbranched alkanes of at least 4 members (excludes halogenated alkanes) is 14. The molecule has 0 aromatic heterocycles. The SMILES string of the molecule is CCCCCCCCCCCCCCCCCC(=O)C1(C(=N)N)CC1.